The number of carbonyl (C=O) groups excluding carboxylic acids is 1. The fourth-order valence-corrected chi connectivity index (χ4v) is 1.18. The number of hydrogen-bond acceptors (Lipinski definition) is 5. The maximum Gasteiger partial charge on any atom is 0.228 e. The second-order valence-electron chi connectivity index (χ2n) is 2.79. The second kappa shape index (κ2) is 2.75. The molecule has 2 heterocycles. The van der Waals surface area contributed by atoms with Crippen molar-refractivity contribution in [3.05, 3.63) is 24.7 Å². The van der Waals surface area contributed by atoms with Crippen LogP contribution in [0.3, 0.4) is 0 Å². The lowest BCUT2D eigenvalue weighted by molar-refractivity contribution is -0.254. The topological polar surface area (TPSA) is 73.8 Å². The van der Waals surface area contributed by atoms with Crippen LogP contribution in [0.1, 0.15) is 6.42 Å². The van der Waals surface area contributed by atoms with Gasteiger partial charge in [-0.1, -0.05) is 0 Å². The van der Waals surface area contributed by atoms with Crippen molar-refractivity contribution >= 4 is 5.91 Å². The van der Waals surface area contributed by atoms with Crippen molar-refractivity contribution in [3.63, 3.8) is 0 Å². The Labute approximate surface area is 74.4 Å². The summed E-state index contributed by atoms with van der Waals surface area (Å²) in [4.78, 5) is 15.9. The average Bonchev–Trinajstić information content (AvgIpc) is 2.55. The number of carbonyl (C=O) groups is 1. The molecule has 0 aliphatic carbocycles. The van der Waals surface area contributed by atoms with E-state index >= 15 is 0 Å². The summed E-state index contributed by atoms with van der Waals surface area (Å²) in [5.74, 6) is -0.262. The molecule has 6 heteroatoms. The van der Waals surface area contributed by atoms with E-state index in [-0.39, 0.29) is 12.3 Å². The van der Waals surface area contributed by atoms with Crippen LogP contribution in [-0.2, 0) is 9.63 Å². The molecular formula is C7H9N3O3. The molecule has 0 fully saturated rings. The van der Waals surface area contributed by atoms with Gasteiger partial charge in [-0.15, -0.1) is 0 Å². The molecule has 1 amide bonds. The summed E-state index contributed by atoms with van der Waals surface area (Å²) in [6, 6.07) is 0. The predicted octanol–water partition coefficient (Wildman–Crippen LogP) is -1.07. The largest absolute Gasteiger partial charge is 0.389 e. The SMILES string of the molecule is O=C1CC(O)(N2NC=CO2)C=CN1. The van der Waals surface area contributed by atoms with Gasteiger partial charge in [0.15, 0.2) is 0 Å². The standard InChI is InChI=1S/C7H9N3O3/c11-6-5-7(12,1-2-8-6)10-9-3-4-13-10/h1-4,9,12H,5H2,(H,8,11). The van der Waals surface area contributed by atoms with Gasteiger partial charge >= 0.3 is 0 Å². The smallest absolute Gasteiger partial charge is 0.228 e. The van der Waals surface area contributed by atoms with Crippen LogP contribution in [0.5, 0.6) is 0 Å². The summed E-state index contributed by atoms with van der Waals surface area (Å²) >= 11 is 0. The van der Waals surface area contributed by atoms with Gasteiger partial charge in [0.05, 0.1) is 12.6 Å². The number of rotatable bonds is 1. The molecule has 13 heavy (non-hydrogen) atoms. The first-order chi connectivity index (χ1) is 6.21. The van der Waals surface area contributed by atoms with Crippen LogP contribution in [0.2, 0.25) is 0 Å². The summed E-state index contributed by atoms with van der Waals surface area (Å²) in [6.45, 7) is 0. The van der Waals surface area contributed by atoms with E-state index in [9.17, 15) is 9.90 Å². The Balaban J connectivity index is 2.14. The van der Waals surface area contributed by atoms with Gasteiger partial charge in [-0.2, -0.15) is 0 Å². The van der Waals surface area contributed by atoms with Gasteiger partial charge in [0.1, 0.15) is 6.26 Å². The zero-order valence-electron chi connectivity index (χ0n) is 6.73. The van der Waals surface area contributed by atoms with Crippen LogP contribution in [0.15, 0.2) is 24.7 Å². The molecular weight excluding hydrogens is 174 g/mol. The highest BCUT2D eigenvalue weighted by atomic mass is 16.7. The van der Waals surface area contributed by atoms with Crippen molar-refractivity contribution in [3.8, 4) is 0 Å². The molecule has 0 saturated carbocycles. The number of amides is 1. The van der Waals surface area contributed by atoms with Crippen molar-refractivity contribution < 1.29 is 14.7 Å². The molecule has 2 aliphatic heterocycles. The van der Waals surface area contributed by atoms with E-state index in [0.717, 1.165) is 5.17 Å². The Bertz CT molecular complexity index is 281. The van der Waals surface area contributed by atoms with Crippen LogP contribution in [0.25, 0.3) is 0 Å². The molecule has 70 valence electrons. The third-order valence-corrected chi connectivity index (χ3v) is 1.79. The zero-order valence-corrected chi connectivity index (χ0v) is 6.73. The normalized spacial score (nSPS) is 32.5. The molecule has 0 aromatic heterocycles. The number of hydroxylamine groups is 1. The highest BCUT2D eigenvalue weighted by Gasteiger charge is 2.39. The molecule has 0 spiro atoms. The van der Waals surface area contributed by atoms with Gasteiger partial charge in [0.2, 0.25) is 11.6 Å². The lowest BCUT2D eigenvalue weighted by Gasteiger charge is -2.33. The first-order valence-corrected chi connectivity index (χ1v) is 3.78. The fourth-order valence-electron chi connectivity index (χ4n) is 1.18. The van der Waals surface area contributed by atoms with Crippen LogP contribution in [0, 0.1) is 0 Å². The molecule has 6 nitrogen and oxygen atoms in total. The summed E-state index contributed by atoms with van der Waals surface area (Å²) < 4.78 is 0. The quantitative estimate of drug-likeness (QED) is 0.483. The first kappa shape index (κ1) is 8.09. The minimum Gasteiger partial charge on any atom is -0.389 e. The lowest BCUT2D eigenvalue weighted by Crippen LogP contribution is -2.54. The van der Waals surface area contributed by atoms with Crippen molar-refractivity contribution in [2.45, 2.75) is 12.1 Å². The van der Waals surface area contributed by atoms with E-state index in [0.29, 0.717) is 0 Å². The summed E-state index contributed by atoms with van der Waals surface area (Å²) in [6.07, 6.45) is 5.64. The third kappa shape index (κ3) is 1.36. The van der Waals surface area contributed by atoms with Gasteiger partial charge in [-0.05, 0) is 11.2 Å². The van der Waals surface area contributed by atoms with Crippen molar-refractivity contribution in [2.24, 2.45) is 0 Å². The van der Waals surface area contributed by atoms with Gasteiger partial charge < -0.3 is 15.3 Å². The zero-order chi connectivity index (χ0) is 9.31. The predicted molar refractivity (Wildman–Crippen MR) is 42.0 cm³/mol. The van der Waals surface area contributed by atoms with E-state index in [1.54, 1.807) is 0 Å². The van der Waals surface area contributed by atoms with E-state index in [1.807, 2.05) is 0 Å². The highest BCUT2D eigenvalue weighted by Crippen LogP contribution is 2.21. The van der Waals surface area contributed by atoms with Gasteiger partial charge in [0, 0.05) is 6.20 Å². The number of hydrazine groups is 1. The third-order valence-electron chi connectivity index (χ3n) is 1.79. The van der Waals surface area contributed by atoms with Crippen LogP contribution in [-0.4, -0.2) is 21.9 Å². The van der Waals surface area contributed by atoms with Crippen LogP contribution in [0.4, 0.5) is 0 Å². The number of hydrogen-bond donors (Lipinski definition) is 3. The molecule has 2 rings (SSSR count). The summed E-state index contributed by atoms with van der Waals surface area (Å²) in [5.41, 5.74) is 1.21. The van der Waals surface area contributed by atoms with Crippen molar-refractivity contribution in [2.75, 3.05) is 0 Å². The molecule has 1 atom stereocenters. The molecule has 0 aromatic rings. The molecule has 0 saturated heterocycles. The van der Waals surface area contributed by atoms with Gasteiger partial charge in [-0.3, -0.25) is 10.2 Å². The molecule has 0 bridgehead atoms. The van der Waals surface area contributed by atoms with E-state index in [2.05, 4.69) is 10.7 Å². The number of nitrogens with zero attached hydrogens (tertiary/aromatic N) is 1. The van der Waals surface area contributed by atoms with E-state index in [1.165, 1.54) is 24.7 Å². The summed E-state index contributed by atoms with van der Waals surface area (Å²) in [5, 5.41) is 13.4. The lowest BCUT2D eigenvalue weighted by atomic mass is 10.1. The monoisotopic (exact) mass is 183 g/mol. The first-order valence-electron chi connectivity index (χ1n) is 3.78. The van der Waals surface area contributed by atoms with Gasteiger partial charge in [-0.25, -0.2) is 0 Å². The number of nitrogens with one attached hydrogen (secondary N) is 2. The molecule has 2 aliphatic rings. The average molecular weight is 183 g/mol. The molecule has 1 unspecified atom stereocenters. The Morgan fingerprint density at radius 2 is 2.46 bits per heavy atom. The van der Waals surface area contributed by atoms with Crippen molar-refractivity contribution in [1.29, 1.82) is 0 Å². The fraction of sp³-hybridized carbons (Fsp3) is 0.286. The number of aliphatic hydroxyl groups is 1. The maximum absolute atomic E-state index is 11.0. The molecule has 0 radical (unpaired) electrons. The van der Waals surface area contributed by atoms with E-state index in [4.69, 9.17) is 4.84 Å². The Kier molecular flexibility index (Phi) is 1.71. The van der Waals surface area contributed by atoms with Crippen molar-refractivity contribution in [1.82, 2.24) is 15.9 Å². The Morgan fingerprint density at radius 3 is 3.08 bits per heavy atom. The van der Waals surface area contributed by atoms with Crippen LogP contribution >= 0.6 is 0 Å². The van der Waals surface area contributed by atoms with Gasteiger partial charge in [0.25, 0.3) is 0 Å². The van der Waals surface area contributed by atoms with E-state index < -0.39 is 5.72 Å². The summed E-state index contributed by atoms with van der Waals surface area (Å²) in [7, 11) is 0. The minimum absolute atomic E-state index is 0.0713. The highest BCUT2D eigenvalue weighted by molar-refractivity contribution is 5.79. The molecule has 0 aromatic carbocycles. The Morgan fingerprint density at radius 1 is 1.62 bits per heavy atom. The maximum atomic E-state index is 11.0. The Hall–Kier alpha value is -1.53. The second-order valence-corrected chi connectivity index (χ2v) is 2.79. The van der Waals surface area contributed by atoms with Crippen LogP contribution < -0.4 is 10.7 Å². The molecule has 3 N–H and O–H groups in total. The minimum atomic E-state index is -1.42.